The Labute approximate surface area is 369 Å². The van der Waals surface area contributed by atoms with Crippen LogP contribution in [0.15, 0.2) is 170 Å². The van der Waals surface area contributed by atoms with Crippen molar-refractivity contribution in [1.82, 2.24) is 19.1 Å². The molecule has 5 heteroatoms. The van der Waals surface area contributed by atoms with Crippen LogP contribution in [0.3, 0.4) is 0 Å². The van der Waals surface area contributed by atoms with E-state index in [0.717, 1.165) is 56.4 Å². The topological polar surface area (TPSA) is 35.6 Å². The number of nitrogens with zero attached hydrogens (tertiary/aromatic N) is 4. The van der Waals surface area contributed by atoms with Crippen LogP contribution < -0.4 is 0 Å². The van der Waals surface area contributed by atoms with Gasteiger partial charge in [-0.3, -0.25) is 4.57 Å². The van der Waals surface area contributed by atoms with Gasteiger partial charge in [-0.2, -0.15) is 0 Å². The van der Waals surface area contributed by atoms with Crippen LogP contribution in [0.4, 0.5) is 0 Å². The average Bonchev–Trinajstić information content (AvgIpc) is 3.97. The molecule has 0 N–H and O–H groups in total. The number of hydrogen-bond donors (Lipinski definition) is 0. The minimum absolute atomic E-state index is 0.0409. The summed E-state index contributed by atoms with van der Waals surface area (Å²) in [5.41, 5.74) is 14.1. The number of hydrogen-bond acceptors (Lipinski definition) is 3. The highest BCUT2D eigenvalue weighted by molar-refractivity contribution is 7.26. The molecule has 1 aliphatic carbocycles. The van der Waals surface area contributed by atoms with Crippen LogP contribution in [0.25, 0.3) is 109 Å². The van der Waals surface area contributed by atoms with Crippen molar-refractivity contribution in [2.45, 2.75) is 51.4 Å². The van der Waals surface area contributed by atoms with E-state index in [1.54, 1.807) is 11.3 Å². The third kappa shape index (κ3) is 5.33. The highest BCUT2D eigenvalue weighted by Gasteiger charge is 2.39. The highest BCUT2D eigenvalue weighted by atomic mass is 32.1. The van der Waals surface area contributed by atoms with Gasteiger partial charge in [0.1, 0.15) is 0 Å². The predicted octanol–water partition coefficient (Wildman–Crippen LogP) is 15.9. The Bertz CT molecular complexity index is 3830. The van der Waals surface area contributed by atoms with E-state index in [-0.39, 0.29) is 10.8 Å². The van der Waals surface area contributed by atoms with Gasteiger partial charge in [-0.15, -0.1) is 11.3 Å². The maximum Gasteiger partial charge on any atom is 0.235 e. The van der Waals surface area contributed by atoms with Crippen molar-refractivity contribution in [2.75, 3.05) is 0 Å². The van der Waals surface area contributed by atoms with Gasteiger partial charge in [-0.25, -0.2) is 9.97 Å². The molecule has 0 aliphatic heterocycles. The number of fused-ring (bicyclic) bond motifs is 13. The van der Waals surface area contributed by atoms with Gasteiger partial charge < -0.3 is 4.57 Å². The first-order valence-electron chi connectivity index (χ1n) is 22.1. The lowest BCUT2D eigenvalue weighted by Gasteiger charge is -2.42. The van der Waals surface area contributed by atoms with Crippen molar-refractivity contribution in [3.8, 4) is 34.0 Å². The minimum Gasteiger partial charge on any atom is -0.309 e. The van der Waals surface area contributed by atoms with Gasteiger partial charge in [0.25, 0.3) is 0 Å². The van der Waals surface area contributed by atoms with E-state index in [4.69, 9.17) is 9.97 Å². The molecular weight excluding hydrogens is 785 g/mol. The minimum atomic E-state index is -0.0409. The van der Waals surface area contributed by atoms with Gasteiger partial charge in [0.2, 0.25) is 5.95 Å². The monoisotopic (exact) mass is 828 g/mol. The van der Waals surface area contributed by atoms with Crippen LogP contribution in [0, 0.1) is 0 Å². The molecule has 4 heterocycles. The SMILES string of the molecule is CC1(C)CCC(C)(C)c2c1ccc1c2c2cc3c(cc2n1-c1nc(-c2ccc(-c4ccccc4)cc2)c2sc4ccccc4c2n1)c1c2ccccc2ccc1n3-c1ccccc1. The summed E-state index contributed by atoms with van der Waals surface area (Å²) in [4.78, 5) is 11.3. The summed E-state index contributed by atoms with van der Waals surface area (Å²) in [6.45, 7) is 9.76. The number of para-hydroxylation sites is 1. The zero-order valence-electron chi connectivity index (χ0n) is 35.8. The lowest BCUT2D eigenvalue weighted by atomic mass is 9.62. The Morgan fingerprint density at radius 2 is 1.08 bits per heavy atom. The largest absolute Gasteiger partial charge is 0.309 e. The van der Waals surface area contributed by atoms with E-state index >= 15 is 0 Å². The molecule has 0 atom stereocenters. The third-order valence-electron chi connectivity index (χ3n) is 14.2. The standard InChI is InChI=1S/C58H44N4S/c1-57(2)31-32-58(3,4)52-44(57)28-30-46-51(52)43-34-47-42(50-40-20-12-11-17-37(40)27-29-45(50)61(47)39-18-9-6-10-19-39)33-48(43)62(46)56-59-53(55-54(60-56)41-21-13-14-22-49(41)63-55)38-25-23-36(24-26-38)35-15-7-5-8-16-35/h5-30,33-34H,31-32H2,1-4H3. The first-order chi connectivity index (χ1) is 30.7. The molecule has 0 fully saturated rings. The second-order valence-electron chi connectivity index (χ2n) is 18.8. The van der Waals surface area contributed by atoms with E-state index in [2.05, 4.69) is 207 Å². The fourth-order valence-electron chi connectivity index (χ4n) is 10.9. The summed E-state index contributed by atoms with van der Waals surface area (Å²) in [7, 11) is 0. The number of aromatic nitrogens is 4. The van der Waals surface area contributed by atoms with E-state index in [1.807, 2.05) is 0 Å². The van der Waals surface area contributed by atoms with E-state index in [9.17, 15) is 0 Å². The Morgan fingerprint density at radius 3 is 1.87 bits per heavy atom. The third-order valence-corrected chi connectivity index (χ3v) is 15.3. The molecule has 0 amide bonds. The summed E-state index contributed by atoms with van der Waals surface area (Å²) in [6, 6.07) is 62.2. The molecule has 63 heavy (non-hydrogen) atoms. The van der Waals surface area contributed by atoms with Crippen LogP contribution in [-0.4, -0.2) is 19.1 Å². The molecule has 13 rings (SSSR count). The molecule has 302 valence electrons. The number of benzene rings is 8. The smallest absolute Gasteiger partial charge is 0.235 e. The van der Waals surface area contributed by atoms with Crippen molar-refractivity contribution in [1.29, 1.82) is 0 Å². The molecule has 8 aromatic carbocycles. The van der Waals surface area contributed by atoms with E-state index < -0.39 is 0 Å². The molecule has 0 spiro atoms. The van der Waals surface area contributed by atoms with Gasteiger partial charge in [-0.1, -0.05) is 155 Å². The molecule has 4 nitrogen and oxygen atoms in total. The highest BCUT2D eigenvalue weighted by Crippen LogP contribution is 2.52. The van der Waals surface area contributed by atoms with Crippen molar-refractivity contribution in [3.05, 3.63) is 181 Å². The summed E-state index contributed by atoms with van der Waals surface area (Å²) in [5, 5.41) is 8.66. The molecule has 12 aromatic rings. The van der Waals surface area contributed by atoms with E-state index in [0.29, 0.717) is 5.95 Å². The molecule has 0 radical (unpaired) electrons. The number of thiophene rings is 1. The maximum absolute atomic E-state index is 5.69. The molecular formula is C58H44N4S. The lowest BCUT2D eigenvalue weighted by molar-refractivity contribution is 0.334. The van der Waals surface area contributed by atoms with Crippen molar-refractivity contribution in [3.63, 3.8) is 0 Å². The van der Waals surface area contributed by atoms with Crippen LogP contribution in [-0.2, 0) is 10.8 Å². The normalized spacial score (nSPS) is 14.8. The van der Waals surface area contributed by atoms with Crippen LogP contribution in [0.1, 0.15) is 51.7 Å². The molecule has 0 saturated heterocycles. The first-order valence-corrected chi connectivity index (χ1v) is 22.9. The summed E-state index contributed by atoms with van der Waals surface area (Å²) >= 11 is 1.78. The van der Waals surface area contributed by atoms with Crippen molar-refractivity contribution >= 4 is 86.0 Å². The maximum atomic E-state index is 5.69. The van der Waals surface area contributed by atoms with Crippen LogP contribution in [0.2, 0.25) is 0 Å². The second-order valence-corrected chi connectivity index (χ2v) is 19.9. The van der Waals surface area contributed by atoms with Gasteiger partial charge in [0.15, 0.2) is 0 Å². The first kappa shape index (κ1) is 36.6. The Hall–Kier alpha value is -7.08. The Kier molecular flexibility index (Phi) is 7.67. The zero-order valence-corrected chi connectivity index (χ0v) is 36.6. The van der Waals surface area contributed by atoms with Gasteiger partial charge >= 0.3 is 0 Å². The zero-order chi connectivity index (χ0) is 42.2. The predicted molar refractivity (Wildman–Crippen MR) is 267 cm³/mol. The fourth-order valence-corrected chi connectivity index (χ4v) is 12.1. The van der Waals surface area contributed by atoms with Crippen molar-refractivity contribution < 1.29 is 0 Å². The van der Waals surface area contributed by atoms with Crippen LogP contribution in [0.5, 0.6) is 0 Å². The average molecular weight is 829 g/mol. The number of rotatable bonds is 4. The second kappa shape index (κ2) is 13.2. The Morgan fingerprint density at radius 1 is 0.476 bits per heavy atom. The van der Waals surface area contributed by atoms with Gasteiger partial charge in [0, 0.05) is 42.9 Å². The summed E-state index contributed by atoms with van der Waals surface area (Å²) in [5.74, 6) is 0.692. The van der Waals surface area contributed by atoms with E-state index in [1.165, 1.54) is 70.3 Å². The van der Waals surface area contributed by atoms with Crippen LogP contribution >= 0.6 is 11.3 Å². The Balaban J connectivity index is 1.19. The summed E-state index contributed by atoms with van der Waals surface area (Å²) < 4.78 is 7.19. The summed E-state index contributed by atoms with van der Waals surface area (Å²) in [6.07, 6.45) is 2.26. The quantitative estimate of drug-likeness (QED) is 0.177. The fraction of sp³-hybridized carbons (Fsp3) is 0.138. The van der Waals surface area contributed by atoms with Crippen molar-refractivity contribution in [2.24, 2.45) is 0 Å². The molecule has 0 bridgehead atoms. The molecule has 1 aliphatic rings. The molecule has 0 unspecified atom stereocenters. The van der Waals surface area contributed by atoms with Gasteiger partial charge in [0.05, 0.1) is 38.0 Å². The molecule has 4 aromatic heterocycles. The van der Waals surface area contributed by atoms with Gasteiger partial charge in [-0.05, 0) is 99.2 Å². The molecule has 0 saturated carbocycles. The lowest BCUT2D eigenvalue weighted by Crippen LogP contribution is -2.34.